The normalized spacial score (nSPS) is 11.0. The van der Waals surface area contributed by atoms with Crippen LogP contribution in [0.5, 0.6) is 0 Å². The summed E-state index contributed by atoms with van der Waals surface area (Å²) >= 11 is 0. The van der Waals surface area contributed by atoms with E-state index >= 15 is 0 Å². The molecule has 2 aromatic rings. The lowest BCUT2D eigenvalue weighted by molar-refractivity contribution is -0.117. The number of amides is 2. The van der Waals surface area contributed by atoms with E-state index in [-0.39, 0.29) is 17.2 Å². The Morgan fingerprint density at radius 1 is 0.455 bits per heavy atom. The molecule has 0 aliphatic heterocycles. The monoisotopic (exact) mass is 604 g/mol. The van der Waals surface area contributed by atoms with Gasteiger partial charge in [0, 0.05) is 18.5 Å². The van der Waals surface area contributed by atoms with Crippen molar-refractivity contribution < 1.29 is 9.59 Å². The zero-order valence-corrected chi connectivity index (χ0v) is 27.9. The highest BCUT2D eigenvalue weighted by molar-refractivity contribution is 5.91. The van der Waals surface area contributed by atoms with Crippen molar-refractivity contribution in [2.75, 3.05) is 10.6 Å². The molecular formula is C39H60N2O3. The van der Waals surface area contributed by atoms with E-state index in [1.165, 1.54) is 109 Å². The highest BCUT2D eigenvalue weighted by Gasteiger charge is 2.07. The van der Waals surface area contributed by atoms with Gasteiger partial charge in [-0.2, -0.15) is 0 Å². The molecule has 244 valence electrons. The molecule has 0 aromatic heterocycles. The molecule has 0 unspecified atom stereocenters. The van der Waals surface area contributed by atoms with Crippen molar-refractivity contribution in [3.63, 3.8) is 0 Å². The fourth-order valence-corrected chi connectivity index (χ4v) is 5.59. The Balaban J connectivity index is 1.68. The lowest BCUT2D eigenvalue weighted by Gasteiger charge is -2.07. The number of carbonyl (C=O) groups excluding carboxylic acids is 2. The summed E-state index contributed by atoms with van der Waals surface area (Å²) in [7, 11) is 0. The van der Waals surface area contributed by atoms with Crippen LogP contribution in [0.4, 0.5) is 11.4 Å². The molecule has 0 saturated heterocycles. The molecule has 0 saturated carbocycles. The van der Waals surface area contributed by atoms with E-state index in [4.69, 9.17) is 0 Å². The van der Waals surface area contributed by atoms with Gasteiger partial charge in [-0.15, -0.1) is 0 Å². The van der Waals surface area contributed by atoms with Gasteiger partial charge in [-0.05, 0) is 48.2 Å². The molecule has 0 spiro atoms. The van der Waals surface area contributed by atoms with Crippen molar-refractivity contribution in [1.29, 1.82) is 0 Å². The van der Waals surface area contributed by atoms with Crippen molar-refractivity contribution in [3.05, 3.63) is 58.8 Å². The second-order valence-electron chi connectivity index (χ2n) is 12.4. The number of rotatable bonds is 25. The Labute approximate surface area is 268 Å². The largest absolute Gasteiger partial charge is 0.326 e. The predicted molar refractivity (Wildman–Crippen MR) is 188 cm³/mol. The van der Waals surface area contributed by atoms with Gasteiger partial charge in [0.15, 0.2) is 0 Å². The average molecular weight is 605 g/mol. The van der Waals surface area contributed by atoms with E-state index in [1.54, 1.807) is 12.1 Å². The average Bonchev–Trinajstić information content (AvgIpc) is 3.20. The van der Waals surface area contributed by atoms with Crippen LogP contribution in [0.1, 0.15) is 155 Å². The quantitative estimate of drug-likeness (QED) is 0.111. The van der Waals surface area contributed by atoms with Gasteiger partial charge in [-0.3, -0.25) is 14.4 Å². The first-order valence-corrected chi connectivity index (χ1v) is 17.9. The number of unbranched alkanes of at least 4 members (excludes halogenated alkanes) is 18. The number of hydrogen-bond acceptors (Lipinski definition) is 3. The maximum absolute atomic E-state index is 12.6. The Morgan fingerprint density at radius 2 is 0.818 bits per heavy atom. The summed E-state index contributed by atoms with van der Waals surface area (Å²) < 4.78 is 0. The molecule has 0 radical (unpaired) electrons. The van der Waals surface area contributed by atoms with Gasteiger partial charge >= 0.3 is 0 Å². The summed E-state index contributed by atoms with van der Waals surface area (Å²) in [5.41, 5.74) is 2.69. The van der Waals surface area contributed by atoms with E-state index in [1.807, 2.05) is 30.3 Å². The molecule has 2 rings (SSSR count). The van der Waals surface area contributed by atoms with Gasteiger partial charge < -0.3 is 10.6 Å². The lowest BCUT2D eigenvalue weighted by Crippen LogP contribution is -2.16. The Bertz CT molecular complexity index is 1110. The van der Waals surface area contributed by atoms with Crippen molar-refractivity contribution in [1.82, 2.24) is 0 Å². The van der Waals surface area contributed by atoms with Crippen LogP contribution in [0.2, 0.25) is 0 Å². The SMILES string of the molecule is CCCCCCCCCCCCCC(=O)Nc1ccc(-c2ccc(NC(=O)CCCCCCCCCCC)cc2)ccc1=O. The van der Waals surface area contributed by atoms with Gasteiger partial charge in [-0.1, -0.05) is 154 Å². The Morgan fingerprint density at radius 3 is 1.27 bits per heavy atom. The van der Waals surface area contributed by atoms with Gasteiger partial charge in [0.05, 0.1) is 5.69 Å². The maximum Gasteiger partial charge on any atom is 0.224 e. The van der Waals surface area contributed by atoms with Crippen molar-refractivity contribution in [2.24, 2.45) is 0 Å². The molecule has 5 nitrogen and oxygen atoms in total. The lowest BCUT2D eigenvalue weighted by atomic mass is 10.1. The first-order valence-electron chi connectivity index (χ1n) is 17.9. The summed E-state index contributed by atoms with van der Waals surface area (Å²) in [4.78, 5) is 37.5. The first-order chi connectivity index (χ1) is 21.5. The van der Waals surface area contributed by atoms with Crippen molar-refractivity contribution >= 4 is 23.2 Å². The molecule has 0 aliphatic rings. The summed E-state index contributed by atoms with van der Waals surface area (Å²) in [5.74, 6) is -0.0513. The molecule has 0 bridgehead atoms. The Kier molecular flexibility index (Phi) is 20.6. The van der Waals surface area contributed by atoms with Crippen molar-refractivity contribution in [2.45, 2.75) is 155 Å². The number of carbonyl (C=O) groups is 2. The highest BCUT2D eigenvalue weighted by Crippen LogP contribution is 2.22. The molecular weight excluding hydrogens is 544 g/mol. The molecule has 0 aliphatic carbocycles. The number of nitrogens with one attached hydrogen (secondary N) is 2. The summed E-state index contributed by atoms with van der Waals surface area (Å²) in [6.45, 7) is 4.49. The zero-order valence-electron chi connectivity index (χ0n) is 27.9. The molecule has 5 heteroatoms. The van der Waals surface area contributed by atoms with Crippen molar-refractivity contribution in [3.8, 4) is 11.1 Å². The second-order valence-corrected chi connectivity index (χ2v) is 12.4. The first kappa shape index (κ1) is 37.2. The van der Waals surface area contributed by atoms with Gasteiger partial charge in [0.1, 0.15) is 0 Å². The second kappa shape index (κ2) is 24.4. The topological polar surface area (TPSA) is 75.3 Å². The minimum Gasteiger partial charge on any atom is -0.326 e. The van der Waals surface area contributed by atoms with E-state index in [2.05, 4.69) is 24.5 Å². The zero-order chi connectivity index (χ0) is 31.7. The molecule has 0 atom stereocenters. The maximum atomic E-state index is 12.6. The highest BCUT2D eigenvalue weighted by atomic mass is 16.2. The minimum absolute atomic E-state index is 0.0522. The van der Waals surface area contributed by atoms with Gasteiger partial charge in [0.25, 0.3) is 0 Å². The third-order valence-electron chi connectivity index (χ3n) is 8.40. The fraction of sp³-hybridized carbons (Fsp3) is 0.615. The summed E-state index contributed by atoms with van der Waals surface area (Å²) in [5, 5.41) is 5.81. The number of benzene rings is 1. The van der Waals surface area contributed by atoms with E-state index in [9.17, 15) is 14.4 Å². The van der Waals surface area contributed by atoms with Crippen LogP contribution < -0.4 is 16.1 Å². The Hall–Kier alpha value is -2.95. The molecule has 2 amide bonds. The van der Waals surface area contributed by atoms with Gasteiger partial charge in [0.2, 0.25) is 17.2 Å². The molecule has 2 aromatic carbocycles. The van der Waals surface area contributed by atoms with Crippen LogP contribution in [-0.4, -0.2) is 11.8 Å². The van der Waals surface area contributed by atoms with E-state index in [0.717, 1.165) is 42.5 Å². The van der Waals surface area contributed by atoms with Crippen LogP contribution in [0.3, 0.4) is 0 Å². The molecule has 44 heavy (non-hydrogen) atoms. The van der Waals surface area contributed by atoms with Crippen LogP contribution in [0.15, 0.2) is 53.3 Å². The number of hydrogen-bond donors (Lipinski definition) is 2. The predicted octanol–water partition coefficient (Wildman–Crippen LogP) is 11.2. The smallest absolute Gasteiger partial charge is 0.224 e. The summed E-state index contributed by atoms with van der Waals surface area (Å²) in [6, 6.07) is 14.5. The molecule has 0 fully saturated rings. The number of anilines is 2. The molecule has 2 N–H and O–H groups in total. The minimum atomic E-state index is -0.205. The van der Waals surface area contributed by atoms with E-state index in [0.29, 0.717) is 18.5 Å². The fourth-order valence-electron chi connectivity index (χ4n) is 5.59. The summed E-state index contributed by atoms with van der Waals surface area (Å²) in [6.07, 6.45) is 25.8. The van der Waals surface area contributed by atoms with Crippen LogP contribution in [0.25, 0.3) is 11.1 Å². The third kappa shape index (κ3) is 17.4. The van der Waals surface area contributed by atoms with Crippen LogP contribution >= 0.6 is 0 Å². The van der Waals surface area contributed by atoms with Crippen LogP contribution in [0, 0.1) is 0 Å². The van der Waals surface area contributed by atoms with Crippen LogP contribution in [-0.2, 0) is 9.59 Å². The molecule has 0 heterocycles. The standard InChI is InChI=1S/C39H60N2O3/c1-3-5-7-9-11-13-14-16-18-20-22-24-39(44)41-36-31-27-34(28-32-37(36)42)33-25-29-35(30-26-33)40-38(43)23-21-19-17-15-12-10-8-6-4-2/h25-32H,3-24H2,1-2H3,(H,40,43)(H,41,42,44). The third-order valence-corrected chi connectivity index (χ3v) is 8.40. The van der Waals surface area contributed by atoms with E-state index < -0.39 is 0 Å². The van der Waals surface area contributed by atoms with Gasteiger partial charge in [-0.25, -0.2) is 0 Å².